The van der Waals surface area contributed by atoms with Gasteiger partial charge in [-0.1, -0.05) is 11.6 Å². The van der Waals surface area contributed by atoms with Gasteiger partial charge in [0.1, 0.15) is 18.4 Å². The Balaban J connectivity index is 1.43. The van der Waals surface area contributed by atoms with Crippen molar-refractivity contribution in [1.29, 1.82) is 0 Å². The number of piperidine rings is 1. The second-order valence-electron chi connectivity index (χ2n) is 6.03. The summed E-state index contributed by atoms with van der Waals surface area (Å²) in [5.74, 6) is 1.06. The van der Waals surface area contributed by atoms with Crippen molar-refractivity contribution in [1.82, 2.24) is 19.7 Å². The summed E-state index contributed by atoms with van der Waals surface area (Å²) >= 11 is 6.24. The van der Waals surface area contributed by atoms with Crippen LogP contribution in [-0.4, -0.2) is 39.4 Å². The zero-order valence-electron chi connectivity index (χ0n) is 12.4. The number of hydrogen-bond donors (Lipinski definition) is 0. The first-order valence-corrected chi connectivity index (χ1v) is 8.18. The van der Waals surface area contributed by atoms with Crippen LogP contribution in [0.3, 0.4) is 0 Å². The van der Waals surface area contributed by atoms with Crippen LogP contribution >= 0.6 is 11.6 Å². The number of ether oxygens (including phenoxy) is 1. The van der Waals surface area contributed by atoms with Crippen LogP contribution in [0.1, 0.15) is 30.0 Å². The van der Waals surface area contributed by atoms with Crippen LogP contribution in [0.15, 0.2) is 24.8 Å². The normalized spacial score (nSPS) is 19.1. The van der Waals surface area contributed by atoms with Gasteiger partial charge in [-0.2, -0.15) is 5.10 Å². The Bertz CT molecular complexity index is 650. The maximum atomic E-state index is 6.24. The maximum absolute atomic E-state index is 6.24. The summed E-state index contributed by atoms with van der Waals surface area (Å²) in [6.45, 7) is 3.81. The average molecular weight is 319 g/mol. The summed E-state index contributed by atoms with van der Waals surface area (Å²) in [5, 5.41) is 5.07. The van der Waals surface area contributed by atoms with Crippen molar-refractivity contribution in [2.45, 2.75) is 31.8 Å². The first-order valence-electron chi connectivity index (χ1n) is 7.80. The Morgan fingerprint density at radius 1 is 1.27 bits per heavy atom. The Labute approximate surface area is 134 Å². The highest BCUT2D eigenvalue weighted by Gasteiger charge is 2.24. The van der Waals surface area contributed by atoms with Crippen LogP contribution in [0.2, 0.25) is 5.02 Å². The van der Waals surface area contributed by atoms with E-state index in [1.165, 1.54) is 11.1 Å². The summed E-state index contributed by atoms with van der Waals surface area (Å²) in [5.41, 5.74) is 2.47. The van der Waals surface area contributed by atoms with Gasteiger partial charge in [-0.05, 0) is 30.5 Å². The summed E-state index contributed by atoms with van der Waals surface area (Å²) in [4.78, 5) is 6.51. The number of hydrogen-bond acceptors (Lipinski definition) is 4. The van der Waals surface area contributed by atoms with Gasteiger partial charge in [-0.3, -0.25) is 4.90 Å². The number of benzene rings is 1. The molecule has 1 aromatic heterocycles. The molecule has 0 saturated carbocycles. The molecule has 0 atom stereocenters. The molecular formula is C16H19ClN4O. The number of aromatic nitrogens is 3. The lowest BCUT2D eigenvalue weighted by Gasteiger charge is -2.32. The smallest absolute Gasteiger partial charge is 0.137 e. The average Bonchev–Trinajstić information content (AvgIpc) is 3.18. The lowest BCUT2D eigenvalue weighted by molar-refractivity contribution is 0.171. The highest BCUT2D eigenvalue weighted by Crippen LogP contribution is 2.34. The van der Waals surface area contributed by atoms with E-state index in [0.29, 0.717) is 6.04 Å². The van der Waals surface area contributed by atoms with Crippen molar-refractivity contribution < 1.29 is 4.74 Å². The van der Waals surface area contributed by atoms with Crippen LogP contribution in [0.25, 0.3) is 0 Å². The molecular weight excluding hydrogens is 300 g/mol. The molecule has 0 N–H and O–H groups in total. The number of nitrogens with zero attached hydrogens (tertiary/aromatic N) is 4. The topological polar surface area (TPSA) is 43.2 Å². The zero-order valence-corrected chi connectivity index (χ0v) is 13.2. The van der Waals surface area contributed by atoms with Gasteiger partial charge in [0.25, 0.3) is 0 Å². The van der Waals surface area contributed by atoms with E-state index >= 15 is 0 Å². The molecule has 0 bridgehead atoms. The molecule has 5 nitrogen and oxygen atoms in total. The molecule has 2 aromatic rings. The Morgan fingerprint density at radius 3 is 2.91 bits per heavy atom. The predicted octanol–water partition coefficient (Wildman–Crippen LogP) is 2.70. The van der Waals surface area contributed by atoms with E-state index in [0.717, 1.165) is 56.3 Å². The highest BCUT2D eigenvalue weighted by molar-refractivity contribution is 6.30. The van der Waals surface area contributed by atoms with Crippen molar-refractivity contribution >= 4 is 11.6 Å². The van der Waals surface area contributed by atoms with Crippen molar-refractivity contribution in [3.05, 3.63) is 40.9 Å². The van der Waals surface area contributed by atoms with Gasteiger partial charge in [0.2, 0.25) is 0 Å². The first kappa shape index (κ1) is 14.0. The third-order valence-electron chi connectivity index (χ3n) is 4.59. The third-order valence-corrected chi connectivity index (χ3v) is 4.81. The Kier molecular flexibility index (Phi) is 3.76. The van der Waals surface area contributed by atoms with Gasteiger partial charge in [-0.15, -0.1) is 0 Å². The molecule has 2 aliphatic rings. The van der Waals surface area contributed by atoms with E-state index in [2.05, 4.69) is 21.0 Å². The lowest BCUT2D eigenvalue weighted by Crippen LogP contribution is -2.34. The van der Waals surface area contributed by atoms with Crippen molar-refractivity contribution in [2.24, 2.45) is 0 Å². The van der Waals surface area contributed by atoms with Gasteiger partial charge < -0.3 is 4.74 Å². The Hall–Kier alpha value is -1.59. The molecule has 116 valence electrons. The molecule has 1 aromatic carbocycles. The van der Waals surface area contributed by atoms with Gasteiger partial charge in [0.05, 0.1) is 12.6 Å². The molecule has 0 radical (unpaired) electrons. The van der Waals surface area contributed by atoms with Crippen LogP contribution in [0.4, 0.5) is 0 Å². The summed E-state index contributed by atoms with van der Waals surface area (Å²) < 4.78 is 7.78. The second-order valence-corrected chi connectivity index (χ2v) is 6.47. The quantitative estimate of drug-likeness (QED) is 0.872. The number of halogens is 1. The van der Waals surface area contributed by atoms with Crippen LogP contribution in [0.5, 0.6) is 5.75 Å². The molecule has 1 saturated heterocycles. The minimum atomic E-state index is 0.472. The van der Waals surface area contributed by atoms with Crippen LogP contribution in [-0.2, 0) is 13.0 Å². The van der Waals surface area contributed by atoms with Crippen LogP contribution < -0.4 is 4.74 Å². The molecule has 0 aliphatic carbocycles. The molecule has 0 spiro atoms. The number of rotatable bonds is 3. The minimum absolute atomic E-state index is 0.472. The molecule has 4 rings (SSSR count). The SMILES string of the molecule is Clc1cc2c(c(CN3CCC(n4cncn4)CC3)c1)OCC2. The van der Waals surface area contributed by atoms with E-state index < -0.39 is 0 Å². The second kappa shape index (κ2) is 5.89. The summed E-state index contributed by atoms with van der Waals surface area (Å²) in [7, 11) is 0. The predicted molar refractivity (Wildman–Crippen MR) is 84.2 cm³/mol. The van der Waals surface area contributed by atoms with Gasteiger partial charge >= 0.3 is 0 Å². The van der Waals surface area contributed by atoms with E-state index in [1.54, 1.807) is 6.33 Å². The number of likely N-dealkylation sites (tertiary alicyclic amines) is 1. The fourth-order valence-electron chi connectivity index (χ4n) is 3.45. The fourth-order valence-corrected chi connectivity index (χ4v) is 3.72. The molecule has 1 fully saturated rings. The zero-order chi connectivity index (χ0) is 14.9. The molecule has 2 aliphatic heterocycles. The largest absolute Gasteiger partial charge is 0.493 e. The van der Waals surface area contributed by atoms with Gasteiger partial charge in [-0.25, -0.2) is 9.67 Å². The minimum Gasteiger partial charge on any atom is -0.493 e. The standard InChI is InChI=1S/C16H19ClN4O/c17-14-7-12-3-6-22-16(12)13(8-14)9-20-4-1-15(2-5-20)21-11-18-10-19-21/h7-8,10-11,15H,1-6,9H2. The maximum Gasteiger partial charge on any atom is 0.137 e. The lowest BCUT2D eigenvalue weighted by atomic mass is 10.0. The monoisotopic (exact) mass is 318 g/mol. The summed E-state index contributed by atoms with van der Waals surface area (Å²) in [6.07, 6.45) is 6.61. The molecule has 0 unspecified atom stereocenters. The molecule has 3 heterocycles. The molecule has 22 heavy (non-hydrogen) atoms. The van der Waals surface area contributed by atoms with Gasteiger partial charge in [0.15, 0.2) is 0 Å². The van der Waals surface area contributed by atoms with Crippen molar-refractivity contribution in [2.75, 3.05) is 19.7 Å². The van der Waals surface area contributed by atoms with E-state index in [4.69, 9.17) is 16.3 Å². The highest BCUT2D eigenvalue weighted by atomic mass is 35.5. The number of fused-ring (bicyclic) bond motifs is 1. The van der Waals surface area contributed by atoms with Crippen molar-refractivity contribution in [3.63, 3.8) is 0 Å². The van der Waals surface area contributed by atoms with E-state index in [-0.39, 0.29) is 0 Å². The molecule has 6 heteroatoms. The van der Waals surface area contributed by atoms with Gasteiger partial charge in [0, 0.05) is 36.6 Å². The van der Waals surface area contributed by atoms with E-state index in [9.17, 15) is 0 Å². The first-order chi connectivity index (χ1) is 10.8. The Morgan fingerprint density at radius 2 is 2.14 bits per heavy atom. The molecule has 0 amide bonds. The third kappa shape index (κ3) is 2.71. The summed E-state index contributed by atoms with van der Waals surface area (Å²) in [6, 6.07) is 4.56. The fraction of sp³-hybridized carbons (Fsp3) is 0.500. The van der Waals surface area contributed by atoms with Crippen molar-refractivity contribution in [3.8, 4) is 5.75 Å². The van der Waals surface area contributed by atoms with Crippen LogP contribution in [0, 0.1) is 0 Å². The van der Waals surface area contributed by atoms with E-state index in [1.807, 2.05) is 17.1 Å².